The number of aryl methyl sites for hydroxylation is 3. The van der Waals surface area contributed by atoms with Gasteiger partial charge in [-0.3, -0.25) is 15.1 Å². The normalized spacial score (nSPS) is 11.0. The van der Waals surface area contributed by atoms with Crippen LogP contribution in [0.25, 0.3) is 22.2 Å². The minimum Gasteiger partial charge on any atom is -0.294 e. The van der Waals surface area contributed by atoms with Crippen molar-refractivity contribution in [2.24, 2.45) is 0 Å². The standard InChI is InChI=1S/C21H18ClN5O/c1-11-8-15-13(3)23-20(24-17(15)9-12(11)2)27-21-25-18(10-19(28)26-21)14-6-4-5-7-16(14)22/h4-10H,1-3H3,(H2,23,24,25,26,27,28). The number of aromatic amines is 1. The van der Waals surface area contributed by atoms with Crippen LogP contribution in [0.3, 0.4) is 0 Å². The molecule has 0 aliphatic carbocycles. The maximum atomic E-state index is 12.1. The van der Waals surface area contributed by atoms with Crippen molar-refractivity contribution in [3.05, 3.63) is 74.7 Å². The fraction of sp³-hybridized carbons (Fsp3) is 0.143. The number of rotatable bonds is 3. The Balaban J connectivity index is 1.76. The fourth-order valence-electron chi connectivity index (χ4n) is 3.03. The van der Waals surface area contributed by atoms with Crippen molar-refractivity contribution in [2.45, 2.75) is 20.8 Å². The summed E-state index contributed by atoms with van der Waals surface area (Å²) in [6, 6.07) is 12.8. The van der Waals surface area contributed by atoms with Crippen molar-refractivity contribution in [3.63, 3.8) is 0 Å². The van der Waals surface area contributed by atoms with E-state index in [4.69, 9.17) is 11.6 Å². The predicted molar refractivity (Wildman–Crippen MR) is 112 cm³/mol. The van der Waals surface area contributed by atoms with E-state index < -0.39 is 0 Å². The van der Waals surface area contributed by atoms with Gasteiger partial charge in [0.1, 0.15) is 0 Å². The van der Waals surface area contributed by atoms with Gasteiger partial charge in [-0.15, -0.1) is 0 Å². The average Bonchev–Trinajstić information content (AvgIpc) is 2.63. The summed E-state index contributed by atoms with van der Waals surface area (Å²) in [5.74, 6) is 0.623. The van der Waals surface area contributed by atoms with Gasteiger partial charge in [-0.05, 0) is 50.1 Å². The van der Waals surface area contributed by atoms with Crippen LogP contribution in [0.4, 0.5) is 11.9 Å². The van der Waals surface area contributed by atoms with Gasteiger partial charge in [-0.1, -0.05) is 29.8 Å². The average molecular weight is 392 g/mol. The van der Waals surface area contributed by atoms with E-state index in [1.165, 1.54) is 11.6 Å². The Labute approximate surface area is 166 Å². The fourth-order valence-corrected chi connectivity index (χ4v) is 3.26. The van der Waals surface area contributed by atoms with Crippen LogP contribution in [0.5, 0.6) is 0 Å². The third-order valence-corrected chi connectivity index (χ3v) is 4.95. The second-order valence-corrected chi connectivity index (χ2v) is 7.08. The summed E-state index contributed by atoms with van der Waals surface area (Å²) in [4.78, 5) is 28.3. The third kappa shape index (κ3) is 3.46. The molecule has 0 spiro atoms. The van der Waals surface area contributed by atoms with Crippen LogP contribution in [-0.2, 0) is 0 Å². The van der Waals surface area contributed by atoms with Gasteiger partial charge in [0.15, 0.2) is 0 Å². The van der Waals surface area contributed by atoms with E-state index >= 15 is 0 Å². The molecule has 2 aromatic carbocycles. The highest BCUT2D eigenvalue weighted by Crippen LogP contribution is 2.26. The molecular weight excluding hydrogens is 374 g/mol. The van der Waals surface area contributed by atoms with Crippen molar-refractivity contribution < 1.29 is 0 Å². The molecule has 0 saturated heterocycles. The smallest absolute Gasteiger partial charge is 0.252 e. The molecule has 140 valence electrons. The molecular formula is C21H18ClN5O. The van der Waals surface area contributed by atoms with Gasteiger partial charge < -0.3 is 0 Å². The molecule has 0 saturated carbocycles. The predicted octanol–water partition coefficient (Wildman–Crippen LogP) is 4.70. The van der Waals surface area contributed by atoms with Gasteiger partial charge in [0.2, 0.25) is 11.9 Å². The Morgan fingerprint density at radius 3 is 2.50 bits per heavy atom. The van der Waals surface area contributed by atoms with E-state index in [9.17, 15) is 4.79 Å². The van der Waals surface area contributed by atoms with Crippen LogP contribution < -0.4 is 10.9 Å². The van der Waals surface area contributed by atoms with Gasteiger partial charge in [0.25, 0.3) is 5.56 Å². The van der Waals surface area contributed by atoms with Crippen LogP contribution in [-0.4, -0.2) is 19.9 Å². The van der Waals surface area contributed by atoms with Crippen LogP contribution in [0.2, 0.25) is 5.02 Å². The number of H-pyrrole nitrogens is 1. The van der Waals surface area contributed by atoms with Crippen molar-refractivity contribution in [1.29, 1.82) is 0 Å². The third-order valence-electron chi connectivity index (χ3n) is 4.62. The lowest BCUT2D eigenvalue weighted by Crippen LogP contribution is -2.12. The lowest BCUT2D eigenvalue weighted by molar-refractivity contribution is 1.08. The van der Waals surface area contributed by atoms with Crippen molar-refractivity contribution >= 4 is 34.4 Å². The topological polar surface area (TPSA) is 83.6 Å². The Bertz CT molecular complexity index is 1270. The molecule has 0 aliphatic heterocycles. The zero-order valence-corrected chi connectivity index (χ0v) is 16.4. The molecule has 0 bridgehead atoms. The van der Waals surface area contributed by atoms with Gasteiger partial charge in [0.05, 0.1) is 16.9 Å². The highest BCUT2D eigenvalue weighted by atomic mass is 35.5. The van der Waals surface area contributed by atoms with Gasteiger partial charge >= 0.3 is 0 Å². The van der Waals surface area contributed by atoms with Crippen LogP contribution in [0.15, 0.2) is 47.3 Å². The van der Waals surface area contributed by atoms with Gasteiger partial charge in [-0.2, -0.15) is 0 Å². The van der Waals surface area contributed by atoms with Crippen molar-refractivity contribution in [3.8, 4) is 11.3 Å². The van der Waals surface area contributed by atoms with E-state index in [2.05, 4.69) is 38.2 Å². The molecule has 0 radical (unpaired) electrons. The molecule has 0 atom stereocenters. The molecule has 0 amide bonds. The Hall–Kier alpha value is -3.25. The summed E-state index contributed by atoms with van der Waals surface area (Å²) in [5.41, 5.74) is 4.89. The molecule has 6 nitrogen and oxygen atoms in total. The van der Waals surface area contributed by atoms with E-state index in [-0.39, 0.29) is 11.5 Å². The van der Waals surface area contributed by atoms with Crippen LogP contribution >= 0.6 is 11.6 Å². The Kier molecular flexibility index (Phi) is 4.57. The summed E-state index contributed by atoms with van der Waals surface area (Å²) in [5, 5.41) is 4.53. The second-order valence-electron chi connectivity index (χ2n) is 6.67. The first kappa shape index (κ1) is 18.1. The molecule has 0 aliphatic rings. The number of aromatic nitrogens is 4. The molecule has 2 aromatic heterocycles. The largest absolute Gasteiger partial charge is 0.294 e. The van der Waals surface area contributed by atoms with Crippen LogP contribution in [0, 0.1) is 20.8 Å². The summed E-state index contributed by atoms with van der Waals surface area (Å²) < 4.78 is 0. The van der Waals surface area contributed by atoms with Crippen molar-refractivity contribution in [2.75, 3.05) is 5.32 Å². The van der Waals surface area contributed by atoms with E-state index in [1.807, 2.05) is 38.1 Å². The van der Waals surface area contributed by atoms with E-state index in [0.29, 0.717) is 22.2 Å². The summed E-state index contributed by atoms with van der Waals surface area (Å²) in [6.07, 6.45) is 0. The number of benzene rings is 2. The summed E-state index contributed by atoms with van der Waals surface area (Å²) in [6.45, 7) is 6.04. The van der Waals surface area contributed by atoms with E-state index in [0.717, 1.165) is 22.2 Å². The first-order valence-electron chi connectivity index (χ1n) is 8.79. The maximum absolute atomic E-state index is 12.1. The number of hydrogen-bond acceptors (Lipinski definition) is 5. The Morgan fingerprint density at radius 2 is 1.71 bits per heavy atom. The quantitative estimate of drug-likeness (QED) is 0.528. The number of anilines is 2. The lowest BCUT2D eigenvalue weighted by atomic mass is 10.1. The minimum atomic E-state index is -0.295. The lowest BCUT2D eigenvalue weighted by Gasteiger charge is -2.10. The molecule has 7 heteroatoms. The maximum Gasteiger partial charge on any atom is 0.252 e. The first-order valence-corrected chi connectivity index (χ1v) is 9.17. The highest BCUT2D eigenvalue weighted by Gasteiger charge is 2.11. The summed E-state index contributed by atoms with van der Waals surface area (Å²) in [7, 11) is 0. The molecule has 4 aromatic rings. The molecule has 0 fully saturated rings. The molecule has 4 rings (SSSR count). The molecule has 28 heavy (non-hydrogen) atoms. The number of nitrogens with zero attached hydrogens (tertiary/aromatic N) is 3. The number of nitrogens with one attached hydrogen (secondary N) is 2. The number of fused-ring (bicyclic) bond motifs is 1. The molecule has 0 unspecified atom stereocenters. The number of hydrogen-bond donors (Lipinski definition) is 2. The van der Waals surface area contributed by atoms with Gasteiger partial charge in [0, 0.05) is 22.0 Å². The SMILES string of the molecule is Cc1cc2nc(Nc3nc(-c4ccccc4Cl)cc(=O)[nH]3)nc(C)c2cc1C. The van der Waals surface area contributed by atoms with Gasteiger partial charge in [-0.25, -0.2) is 15.0 Å². The molecule has 2 heterocycles. The number of halogens is 1. The minimum absolute atomic E-state index is 0.255. The zero-order valence-electron chi connectivity index (χ0n) is 15.7. The van der Waals surface area contributed by atoms with Crippen LogP contribution in [0.1, 0.15) is 16.8 Å². The van der Waals surface area contributed by atoms with E-state index in [1.54, 1.807) is 6.07 Å². The second kappa shape index (κ2) is 7.05. The summed E-state index contributed by atoms with van der Waals surface area (Å²) >= 11 is 6.24. The molecule has 2 N–H and O–H groups in total. The van der Waals surface area contributed by atoms with Crippen molar-refractivity contribution in [1.82, 2.24) is 19.9 Å². The monoisotopic (exact) mass is 391 g/mol. The zero-order chi connectivity index (χ0) is 19.8. The first-order chi connectivity index (χ1) is 13.4. The Morgan fingerprint density at radius 1 is 0.964 bits per heavy atom. The highest BCUT2D eigenvalue weighted by molar-refractivity contribution is 6.33.